The Bertz CT molecular complexity index is 1180. The van der Waals surface area contributed by atoms with Crippen LogP contribution in [-0.2, 0) is 0 Å². The van der Waals surface area contributed by atoms with E-state index in [0.717, 1.165) is 22.3 Å². The molecule has 0 spiro atoms. The summed E-state index contributed by atoms with van der Waals surface area (Å²) >= 11 is 25.1. The standard InChI is InChI=1S/C27H20Cl4N2O/c28-19-13-9-17(10-14-19)25(21-5-1-3-7-23(21)30)32-27(34)33-26(18-11-15-20(29)16-12-18)22-6-2-4-8-24(22)31/h1-16,25-26H,(H2,32,33,34)/t25-,26-/m1/s1. The molecule has 172 valence electrons. The van der Waals surface area contributed by atoms with Crippen LogP contribution in [0.1, 0.15) is 34.3 Å². The molecule has 0 saturated carbocycles. The largest absolute Gasteiger partial charge is 0.327 e. The van der Waals surface area contributed by atoms with Crippen molar-refractivity contribution < 1.29 is 4.79 Å². The maximum absolute atomic E-state index is 13.4. The van der Waals surface area contributed by atoms with Gasteiger partial charge in [0.1, 0.15) is 0 Å². The van der Waals surface area contributed by atoms with Crippen LogP contribution in [0, 0.1) is 0 Å². The van der Waals surface area contributed by atoms with Crippen molar-refractivity contribution in [3.8, 4) is 0 Å². The van der Waals surface area contributed by atoms with Gasteiger partial charge in [0.2, 0.25) is 0 Å². The summed E-state index contributed by atoms with van der Waals surface area (Å²) in [7, 11) is 0. The van der Waals surface area contributed by atoms with E-state index in [2.05, 4.69) is 10.6 Å². The number of amides is 2. The van der Waals surface area contributed by atoms with Gasteiger partial charge in [-0.2, -0.15) is 0 Å². The number of halogens is 4. The zero-order valence-electron chi connectivity index (χ0n) is 17.8. The van der Waals surface area contributed by atoms with E-state index < -0.39 is 12.1 Å². The Hall–Kier alpha value is -2.69. The zero-order valence-corrected chi connectivity index (χ0v) is 20.8. The monoisotopic (exact) mass is 528 g/mol. The molecule has 34 heavy (non-hydrogen) atoms. The van der Waals surface area contributed by atoms with Gasteiger partial charge in [0.25, 0.3) is 0 Å². The van der Waals surface area contributed by atoms with Crippen molar-refractivity contribution in [2.45, 2.75) is 12.1 Å². The van der Waals surface area contributed by atoms with Gasteiger partial charge in [-0.15, -0.1) is 0 Å². The summed E-state index contributed by atoms with van der Waals surface area (Å²) in [5.41, 5.74) is 3.21. The first-order chi connectivity index (χ1) is 16.4. The topological polar surface area (TPSA) is 41.1 Å². The third-order valence-corrected chi connectivity index (χ3v) is 6.58. The Kier molecular flexibility index (Phi) is 8.02. The normalized spacial score (nSPS) is 12.6. The first-order valence-corrected chi connectivity index (χ1v) is 12.0. The van der Waals surface area contributed by atoms with Gasteiger partial charge in [-0.25, -0.2) is 4.79 Å². The summed E-state index contributed by atoms with van der Waals surface area (Å²) in [4.78, 5) is 13.4. The highest BCUT2D eigenvalue weighted by Gasteiger charge is 2.23. The van der Waals surface area contributed by atoms with Gasteiger partial charge in [0, 0.05) is 20.1 Å². The molecule has 0 saturated heterocycles. The van der Waals surface area contributed by atoms with E-state index in [0.29, 0.717) is 20.1 Å². The van der Waals surface area contributed by atoms with E-state index in [-0.39, 0.29) is 6.03 Å². The summed E-state index contributed by atoms with van der Waals surface area (Å²) in [6.45, 7) is 0. The fourth-order valence-electron chi connectivity index (χ4n) is 3.71. The minimum atomic E-state index is -0.497. The lowest BCUT2D eigenvalue weighted by Crippen LogP contribution is -2.40. The van der Waals surface area contributed by atoms with E-state index in [1.54, 1.807) is 36.4 Å². The van der Waals surface area contributed by atoms with Gasteiger partial charge in [0.15, 0.2) is 0 Å². The molecular formula is C27H20Cl4N2O. The summed E-state index contributed by atoms with van der Waals surface area (Å²) in [6.07, 6.45) is 0. The maximum atomic E-state index is 13.4. The van der Waals surface area contributed by atoms with Gasteiger partial charge in [-0.05, 0) is 58.7 Å². The number of hydrogen-bond donors (Lipinski definition) is 2. The molecule has 0 aromatic heterocycles. The Balaban J connectivity index is 1.67. The molecule has 2 atom stereocenters. The van der Waals surface area contributed by atoms with Gasteiger partial charge in [-0.1, -0.05) is 107 Å². The number of benzene rings is 4. The minimum absolute atomic E-state index is 0.389. The number of carbonyl (C=O) groups excluding carboxylic acids is 1. The third-order valence-electron chi connectivity index (χ3n) is 5.39. The summed E-state index contributed by atoms with van der Waals surface area (Å²) in [5, 5.41) is 8.43. The van der Waals surface area contributed by atoms with Crippen LogP contribution in [0.15, 0.2) is 97.1 Å². The lowest BCUT2D eigenvalue weighted by molar-refractivity contribution is 0.236. The molecule has 4 aromatic rings. The second-order valence-corrected chi connectivity index (χ2v) is 9.32. The number of nitrogens with one attached hydrogen (secondary N) is 2. The average molecular weight is 530 g/mol. The van der Waals surface area contributed by atoms with E-state index >= 15 is 0 Å². The van der Waals surface area contributed by atoms with E-state index in [1.807, 2.05) is 60.7 Å². The van der Waals surface area contributed by atoms with Crippen LogP contribution in [0.4, 0.5) is 4.79 Å². The van der Waals surface area contributed by atoms with Gasteiger partial charge >= 0.3 is 6.03 Å². The number of rotatable bonds is 6. The molecule has 0 aliphatic heterocycles. The Morgan fingerprint density at radius 2 is 0.882 bits per heavy atom. The SMILES string of the molecule is O=C(N[C@H](c1ccc(Cl)cc1)c1ccccc1Cl)N[C@H](c1ccc(Cl)cc1)c1ccccc1Cl. The molecule has 0 heterocycles. The summed E-state index contributed by atoms with van der Waals surface area (Å²) in [5.74, 6) is 0. The second kappa shape index (κ2) is 11.2. The Labute approximate surface area is 218 Å². The smallest absolute Gasteiger partial charge is 0.316 e. The molecule has 0 bridgehead atoms. The third kappa shape index (κ3) is 5.86. The van der Waals surface area contributed by atoms with Gasteiger partial charge in [-0.3, -0.25) is 0 Å². The first-order valence-electron chi connectivity index (χ1n) is 10.5. The van der Waals surface area contributed by atoms with Crippen LogP contribution in [0.25, 0.3) is 0 Å². The van der Waals surface area contributed by atoms with Gasteiger partial charge in [0.05, 0.1) is 12.1 Å². The van der Waals surface area contributed by atoms with Gasteiger partial charge < -0.3 is 10.6 Å². The molecule has 4 aromatic carbocycles. The molecule has 3 nitrogen and oxygen atoms in total. The van der Waals surface area contributed by atoms with Crippen molar-refractivity contribution >= 4 is 52.4 Å². The highest BCUT2D eigenvalue weighted by molar-refractivity contribution is 6.32. The molecular weight excluding hydrogens is 510 g/mol. The quantitative estimate of drug-likeness (QED) is 0.258. The van der Waals surface area contributed by atoms with E-state index in [9.17, 15) is 4.79 Å². The minimum Gasteiger partial charge on any atom is -0.327 e. The molecule has 2 amide bonds. The van der Waals surface area contributed by atoms with E-state index in [4.69, 9.17) is 46.4 Å². The van der Waals surface area contributed by atoms with Crippen LogP contribution in [-0.4, -0.2) is 6.03 Å². The van der Waals surface area contributed by atoms with Crippen LogP contribution in [0.5, 0.6) is 0 Å². The molecule has 0 aliphatic carbocycles. The van der Waals surface area contributed by atoms with Crippen molar-refractivity contribution in [2.24, 2.45) is 0 Å². The van der Waals surface area contributed by atoms with Crippen molar-refractivity contribution in [1.29, 1.82) is 0 Å². The van der Waals surface area contributed by atoms with Crippen LogP contribution < -0.4 is 10.6 Å². The molecule has 0 aliphatic rings. The highest BCUT2D eigenvalue weighted by Crippen LogP contribution is 2.31. The summed E-state index contributed by atoms with van der Waals surface area (Å²) in [6, 6.07) is 28.0. The first kappa shape index (κ1) is 24.4. The Morgan fingerprint density at radius 1 is 0.529 bits per heavy atom. The lowest BCUT2D eigenvalue weighted by Gasteiger charge is -2.25. The fourth-order valence-corrected chi connectivity index (χ4v) is 4.46. The summed E-state index contributed by atoms with van der Waals surface area (Å²) < 4.78 is 0. The molecule has 0 fully saturated rings. The Morgan fingerprint density at radius 3 is 1.24 bits per heavy atom. The highest BCUT2D eigenvalue weighted by atomic mass is 35.5. The van der Waals surface area contributed by atoms with Crippen LogP contribution in [0.3, 0.4) is 0 Å². The predicted octanol–water partition coefficient (Wildman–Crippen LogP) is 8.48. The number of carbonyl (C=O) groups is 1. The number of hydrogen-bond acceptors (Lipinski definition) is 1. The predicted molar refractivity (Wildman–Crippen MR) is 141 cm³/mol. The maximum Gasteiger partial charge on any atom is 0.316 e. The van der Waals surface area contributed by atoms with Crippen molar-refractivity contribution in [2.75, 3.05) is 0 Å². The average Bonchev–Trinajstić information content (AvgIpc) is 2.83. The number of urea groups is 1. The van der Waals surface area contributed by atoms with Crippen LogP contribution in [0.2, 0.25) is 20.1 Å². The van der Waals surface area contributed by atoms with Crippen molar-refractivity contribution in [3.63, 3.8) is 0 Å². The molecule has 0 unspecified atom stereocenters. The van der Waals surface area contributed by atoms with E-state index in [1.165, 1.54) is 0 Å². The lowest BCUT2D eigenvalue weighted by atomic mass is 9.98. The zero-order chi connectivity index (χ0) is 24.1. The second-order valence-electron chi connectivity index (χ2n) is 7.63. The molecule has 2 N–H and O–H groups in total. The fraction of sp³-hybridized carbons (Fsp3) is 0.0741. The van der Waals surface area contributed by atoms with Crippen molar-refractivity contribution in [1.82, 2.24) is 10.6 Å². The van der Waals surface area contributed by atoms with Crippen molar-refractivity contribution in [3.05, 3.63) is 139 Å². The molecule has 7 heteroatoms. The van der Waals surface area contributed by atoms with Crippen LogP contribution >= 0.6 is 46.4 Å². The molecule has 4 rings (SSSR count). The molecule has 0 radical (unpaired) electrons.